The molecule has 1 saturated heterocycles. The summed E-state index contributed by atoms with van der Waals surface area (Å²) in [6, 6.07) is 7.07. The van der Waals surface area contributed by atoms with Gasteiger partial charge in [0.2, 0.25) is 11.8 Å². The second-order valence-electron chi connectivity index (χ2n) is 8.65. The average molecular weight is 486 g/mol. The molecule has 0 bridgehead atoms. The number of pyridine rings is 3. The van der Waals surface area contributed by atoms with Crippen molar-refractivity contribution in [1.29, 1.82) is 0 Å². The Labute approximate surface area is 206 Å². The minimum Gasteiger partial charge on any atom is -0.478 e. The van der Waals surface area contributed by atoms with E-state index in [0.717, 1.165) is 0 Å². The van der Waals surface area contributed by atoms with Crippen LogP contribution in [0.15, 0.2) is 36.5 Å². The number of hydrogen-bond acceptors (Lipinski definition) is 7. The number of nitrogens with two attached hydrogens (primary N) is 1. The molecule has 1 aliphatic rings. The fraction of sp³-hybridized carbons (Fsp3) is 0.360. The van der Waals surface area contributed by atoms with E-state index in [1.54, 1.807) is 19.1 Å². The summed E-state index contributed by atoms with van der Waals surface area (Å²) >= 11 is 0. The zero-order chi connectivity index (χ0) is 27.7. The van der Waals surface area contributed by atoms with Gasteiger partial charge in [0.1, 0.15) is 5.69 Å². The maximum atomic E-state index is 15.8. The Kier molecular flexibility index (Phi) is 5.86. The number of amides is 1. The first-order valence-corrected chi connectivity index (χ1v) is 11.2. The molecule has 10 heteroatoms. The highest BCUT2D eigenvalue weighted by molar-refractivity contribution is 5.97. The Morgan fingerprint density at radius 3 is 2.80 bits per heavy atom. The van der Waals surface area contributed by atoms with Gasteiger partial charge in [-0.2, -0.15) is 4.39 Å². The van der Waals surface area contributed by atoms with Gasteiger partial charge in [0.05, 0.1) is 34.8 Å². The molecule has 0 aromatic carbocycles. The Morgan fingerprint density at radius 2 is 2.11 bits per heavy atom. The number of carbonyl (C=O) groups is 1. The number of halogens is 2. The van der Waals surface area contributed by atoms with Gasteiger partial charge < -0.3 is 20.7 Å². The molecule has 184 valence electrons. The summed E-state index contributed by atoms with van der Waals surface area (Å²) < 4.78 is 58.5. The van der Waals surface area contributed by atoms with E-state index < -0.39 is 30.2 Å². The third-order valence-electron chi connectivity index (χ3n) is 5.76. The minimum atomic E-state index is -2.32. The number of piperidine rings is 1. The Hall–Kier alpha value is -3.66. The van der Waals surface area contributed by atoms with Crippen LogP contribution in [-0.4, -0.2) is 58.0 Å². The predicted molar refractivity (Wildman–Crippen MR) is 129 cm³/mol. The number of nitrogen functional groups attached to an aromatic ring is 1. The van der Waals surface area contributed by atoms with Gasteiger partial charge in [-0.1, -0.05) is 0 Å². The summed E-state index contributed by atoms with van der Waals surface area (Å²) in [6.07, 6.45) is 2.51. The number of hydrogen-bond donors (Lipinski definition) is 2. The van der Waals surface area contributed by atoms with Crippen molar-refractivity contribution in [3.05, 3.63) is 53.9 Å². The van der Waals surface area contributed by atoms with Gasteiger partial charge in [-0.25, -0.2) is 19.3 Å². The van der Waals surface area contributed by atoms with Gasteiger partial charge in [-0.3, -0.25) is 4.79 Å². The third-order valence-corrected chi connectivity index (χ3v) is 5.76. The fourth-order valence-electron chi connectivity index (χ4n) is 4.04. The number of ether oxygens (including phenoxy) is 1. The van der Waals surface area contributed by atoms with Crippen molar-refractivity contribution in [3.63, 3.8) is 0 Å². The highest BCUT2D eigenvalue weighted by Crippen LogP contribution is 2.29. The molecular formula is C25H28F2N6O2. The number of aromatic nitrogens is 3. The van der Waals surface area contributed by atoms with Crippen LogP contribution in [-0.2, 0) is 0 Å². The fourth-order valence-corrected chi connectivity index (χ4v) is 4.04. The molecule has 35 heavy (non-hydrogen) atoms. The Balaban J connectivity index is 1.76. The number of rotatable bonds is 6. The molecule has 3 N–H and O–H groups in total. The summed E-state index contributed by atoms with van der Waals surface area (Å²) in [5.41, 5.74) is 4.17. The molecule has 8 nitrogen and oxygen atoms in total. The van der Waals surface area contributed by atoms with E-state index in [2.05, 4.69) is 20.3 Å². The van der Waals surface area contributed by atoms with Crippen molar-refractivity contribution in [2.45, 2.75) is 32.2 Å². The van der Waals surface area contributed by atoms with Crippen molar-refractivity contribution >= 4 is 11.6 Å². The van der Waals surface area contributed by atoms with E-state index in [1.807, 2.05) is 6.92 Å². The van der Waals surface area contributed by atoms with Crippen LogP contribution in [0.1, 0.15) is 41.2 Å². The number of likely N-dealkylation sites (tertiary alicyclic amines) is 1. The van der Waals surface area contributed by atoms with Crippen molar-refractivity contribution in [2.24, 2.45) is 0 Å². The van der Waals surface area contributed by atoms with Crippen LogP contribution in [0.25, 0.3) is 22.6 Å². The normalized spacial score (nSPS) is 19.9. The van der Waals surface area contributed by atoms with Crippen LogP contribution in [0.4, 0.5) is 14.5 Å². The summed E-state index contributed by atoms with van der Waals surface area (Å²) in [5, 5.41) is 2.81. The molecule has 0 aliphatic carbocycles. The number of anilines is 1. The van der Waals surface area contributed by atoms with E-state index in [-0.39, 0.29) is 34.9 Å². The molecule has 3 aromatic heterocycles. The topological polar surface area (TPSA) is 106 Å². The van der Waals surface area contributed by atoms with E-state index in [0.29, 0.717) is 37.4 Å². The van der Waals surface area contributed by atoms with Crippen LogP contribution >= 0.6 is 0 Å². The number of nitrogens with zero attached hydrogens (tertiary/aromatic N) is 4. The standard InChI is InChI=1S/C25H28F2N6O2/c1-4-35-20-9-6-15(13-29-20)19-12-16(24(34)32-25(2)10-5-11-33(3)14-25)21(26)22(30-19)18-8-7-17(28)23(27)31-18/h6-9,12-13H,4-5,10-11,14,28H2,1-3H3,(H,32,34)/t25-/m1/s1/i3D3. The first-order chi connectivity index (χ1) is 17.9. The molecule has 3 aromatic rings. The monoisotopic (exact) mass is 485 g/mol. The highest BCUT2D eigenvalue weighted by atomic mass is 19.1. The second kappa shape index (κ2) is 9.91. The van der Waals surface area contributed by atoms with E-state index >= 15 is 4.39 Å². The molecule has 1 aliphatic heterocycles. The Morgan fingerprint density at radius 1 is 1.29 bits per heavy atom. The summed E-state index contributed by atoms with van der Waals surface area (Å²) in [6.45, 7) is 2.06. The molecule has 1 amide bonds. The van der Waals surface area contributed by atoms with Crippen molar-refractivity contribution in [3.8, 4) is 28.5 Å². The molecule has 1 fully saturated rings. The van der Waals surface area contributed by atoms with Crippen LogP contribution in [0.3, 0.4) is 0 Å². The summed E-state index contributed by atoms with van der Waals surface area (Å²) in [5.74, 6) is -2.39. The largest absolute Gasteiger partial charge is 0.478 e. The highest BCUT2D eigenvalue weighted by Gasteiger charge is 2.33. The van der Waals surface area contributed by atoms with Crippen LogP contribution in [0.2, 0.25) is 0 Å². The van der Waals surface area contributed by atoms with Crippen LogP contribution in [0.5, 0.6) is 5.88 Å². The smallest absolute Gasteiger partial charge is 0.254 e. The van der Waals surface area contributed by atoms with Gasteiger partial charge in [-0.05, 0) is 64.5 Å². The SMILES string of the molecule is [2H]C([2H])([2H])N1CCC[C@@](C)(NC(=O)c2cc(-c3ccc(OCC)nc3)nc(-c3ccc(N)c(F)n3)c2F)C1. The number of likely N-dealkylation sites (N-methyl/N-ethyl adjacent to an activating group) is 1. The number of carbonyl (C=O) groups excluding carboxylic acids is 1. The zero-order valence-electron chi connectivity index (χ0n) is 22.4. The minimum absolute atomic E-state index is 0.0647. The maximum Gasteiger partial charge on any atom is 0.254 e. The third kappa shape index (κ3) is 5.37. The second-order valence-corrected chi connectivity index (χ2v) is 8.65. The predicted octanol–water partition coefficient (Wildman–Crippen LogP) is 3.68. The van der Waals surface area contributed by atoms with E-state index in [1.165, 1.54) is 29.3 Å². The van der Waals surface area contributed by atoms with E-state index in [4.69, 9.17) is 14.6 Å². The van der Waals surface area contributed by atoms with Gasteiger partial charge >= 0.3 is 0 Å². The number of nitrogens with one attached hydrogen (secondary N) is 1. The van der Waals surface area contributed by atoms with Crippen LogP contribution in [0, 0.1) is 11.8 Å². The van der Waals surface area contributed by atoms with Gasteiger partial charge in [0.15, 0.2) is 5.82 Å². The molecule has 0 saturated carbocycles. The summed E-state index contributed by atoms with van der Waals surface area (Å²) in [4.78, 5) is 27.0. The van der Waals surface area contributed by atoms with E-state index in [9.17, 15) is 9.18 Å². The quantitative estimate of drug-likeness (QED) is 0.513. The molecular weight excluding hydrogens is 454 g/mol. The molecule has 4 heterocycles. The lowest BCUT2D eigenvalue weighted by atomic mass is 9.91. The molecule has 0 radical (unpaired) electrons. The van der Waals surface area contributed by atoms with Crippen molar-refractivity contribution in [1.82, 2.24) is 25.2 Å². The van der Waals surface area contributed by atoms with Crippen LogP contribution < -0.4 is 15.8 Å². The van der Waals surface area contributed by atoms with Gasteiger partial charge in [0, 0.05) is 28.5 Å². The van der Waals surface area contributed by atoms with Gasteiger partial charge in [-0.15, -0.1) is 0 Å². The maximum absolute atomic E-state index is 15.8. The summed E-state index contributed by atoms with van der Waals surface area (Å²) in [7, 11) is 0. The lowest BCUT2D eigenvalue weighted by molar-refractivity contribution is 0.0834. The van der Waals surface area contributed by atoms with Crippen molar-refractivity contribution in [2.75, 3.05) is 32.4 Å². The molecule has 4 rings (SSSR count). The molecule has 1 atom stereocenters. The lowest BCUT2D eigenvalue weighted by Crippen LogP contribution is -2.56. The zero-order valence-corrected chi connectivity index (χ0v) is 19.4. The molecule has 0 spiro atoms. The van der Waals surface area contributed by atoms with Gasteiger partial charge in [0.25, 0.3) is 5.91 Å². The Bertz CT molecular complexity index is 1340. The van der Waals surface area contributed by atoms with Crippen molar-refractivity contribution < 1.29 is 22.4 Å². The average Bonchev–Trinajstić information content (AvgIpc) is 2.86. The first kappa shape index (κ1) is 20.7. The lowest BCUT2D eigenvalue weighted by Gasteiger charge is -2.39. The first-order valence-electron chi connectivity index (χ1n) is 12.7. The molecule has 0 unspecified atom stereocenters.